The van der Waals surface area contributed by atoms with Crippen molar-refractivity contribution in [2.45, 2.75) is 26.2 Å². The lowest BCUT2D eigenvalue weighted by molar-refractivity contribution is -0.131. The van der Waals surface area contributed by atoms with Crippen LogP contribution in [0.3, 0.4) is 0 Å². The normalized spacial score (nSPS) is 17.2. The Morgan fingerprint density at radius 2 is 1.63 bits per heavy atom. The average Bonchev–Trinajstić information content (AvgIpc) is 3.33. The maximum atomic E-state index is 12.5. The van der Waals surface area contributed by atoms with E-state index in [1.54, 1.807) is 18.5 Å². The number of likely N-dealkylation sites (tertiary alicyclic amines) is 1. The van der Waals surface area contributed by atoms with Gasteiger partial charge in [0.25, 0.3) is 0 Å². The zero-order valence-corrected chi connectivity index (χ0v) is 17.7. The highest BCUT2D eigenvalue weighted by Crippen LogP contribution is 2.10. The summed E-state index contributed by atoms with van der Waals surface area (Å²) in [7, 11) is 0. The third-order valence-corrected chi connectivity index (χ3v) is 5.27. The quantitative estimate of drug-likeness (QED) is 0.464. The van der Waals surface area contributed by atoms with Crippen molar-refractivity contribution in [3.05, 3.63) is 18.5 Å². The Balaban J connectivity index is 1.38. The van der Waals surface area contributed by atoms with Crippen molar-refractivity contribution >= 4 is 23.7 Å². The highest BCUT2D eigenvalue weighted by Gasteiger charge is 2.22. The first kappa shape index (κ1) is 21.8. The number of nitrogens with zero attached hydrogens (tertiary/aromatic N) is 6. The Kier molecular flexibility index (Phi) is 8.22. The number of nitrogens with one attached hydrogen (secondary N) is 2. The zero-order chi connectivity index (χ0) is 21.2. The molecule has 3 heterocycles. The second-order valence-electron chi connectivity index (χ2n) is 7.38. The lowest BCUT2D eigenvalue weighted by Crippen LogP contribution is -2.50. The van der Waals surface area contributed by atoms with Crippen molar-refractivity contribution in [2.75, 3.05) is 63.8 Å². The Morgan fingerprint density at radius 1 is 0.967 bits per heavy atom. The zero-order valence-electron chi connectivity index (χ0n) is 17.7. The van der Waals surface area contributed by atoms with Crippen LogP contribution in [0, 0.1) is 0 Å². The van der Waals surface area contributed by atoms with Crippen LogP contribution in [-0.4, -0.2) is 96.4 Å². The van der Waals surface area contributed by atoms with Gasteiger partial charge >= 0.3 is 0 Å². The molecule has 0 atom stereocenters. The first-order valence-electron chi connectivity index (χ1n) is 10.8. The SMILES string of the molecule is CCNC(=NCC(=O)N1CCCC1)NCCC(=O)N1CCN(c2ncccn2)CC1. The van der Waals surface area contributed by atoms with Gasteiger partial charge in [0, 0.05) is 71.2 Å². The van der Waals surface area contributed by atoms with E-state index < -0.39 is 0 Å². The van der Waals surface area contributed by atoms with E-state index in [1.165, 1.54) is 0 Å². The van der Waals surface area contributed by atoms with Crippen LogP contribution in [0.5, 0.6) is 0 Å². The maximum absolute atomic E-state index is 12.5. The molecule has 0 bridgehead atoms. The van der Waals surface area contributed by atoms with Gasteiger partial charge in [-0.2, -0.15) is 0 Å². The molecule has 2 aliphatic rings. The van der Waals surface area contributed by atoms with Crippen molar-refractivity contribution in [3.63, 3.8) is 0 Å². The second-order valence-corrected chi connectivity index (χ2v) is 7.38. The number of hydrogen-bond donors (Lipinski definition) is 2. The van der Waals surface area contributed by atoms with E-state index in [0.717, 1.165) is 39.0 Å². The molecule has 0 spiro atoms. The number of piperazine rings is 1. The van der Waals surface area contributed by atoms with Crippen LogP contribution in [0.2, 0.25) is 0 Å². The smallest absolute Gasteiger partial charge is 0.244 e. The van der Waals surface area contributed by atoms with Crippen LogP contribution < -0.4 is 15.5 Å². The van der Waals surface area contributed by atoms with Crippen LogP contribution in [0.15, 0.2) is 23.5 Å². The summed E-state index contributed by atoms with van der Waals surface area (Å²) in [5.74, 6) is 1.45. The minimum Gasteiger partial charge on any atom is -0.357 e. The topological polar surface area (TPSA) is 106 Å². The molecular weight excluding hydrogens is 384 g/mol. The van der Waals surface area contributed by atoms with E-state index in [-0.39, 0.29) is 18.4 Å². The molecule has 2 N–H and O–H groups in total. The molecule has 2 saturated heterocycles. The highest BCUT2D eigenvalue weighted by atomic mass is 16.2. The predicted octanol–water partition coefficient (Wildman–Crippen LogP) is -0.307. The highest BCUT2D eigenvalue weighted by molar-refractivity contribution is 5.85. The summed E-state index contributed by atoms with van der Waals surface area (Å²) in [6, 6.07) is 1.80. The molecule has 0 radical (unpaired) electrons. The minimum atomic E-state index is 0.0565. The fourth-order valence-electron chi connectivity index (χ4n) is 3.61. The Hall–Kier alpha value is -2.91. The monoisotopic (exact) mass is 416 g/mol. The summed E-state index contributed by atoms with van der Waals surface area (Å²) in [6.45, 7) is 7.72. The summed E-state index contributed by atoms with van der Waals surface area (Å²) in [5, 5.41) is 6.29. The Morgan fingerprint density at radius 3 is 2.30 bits per heavy atom. The van der Waals surface area contributed by atoms with E-state index in [1.807, 2.05) is 16.7 Å². The summed E-state index contributed by atoms with van der Waals surface area (Å²) < 4.78 is 0. The molecule has 2 fully saturated rings. The number of guanidine groups is 1. The first-order chi connectivity index (χ1) is 14.7. The molecule has 3 rings (SSSR count). The summed E-state index contributed by atoms with van der Waals surface area (Å²) >= 11 is 0. The van der Waals surface area contributed by atoms with Crippen LogP contribution in [0.4, 0.5) is 5.95 Å². The number of hydrogen-bond acceptors (Lipinski definition) is 6. The van der Waals surface area contributed by atoms with Gasteiger partial charge in [-0.3, -0.25) is 9.59 Å². The van der Waals surface area contributed by atoms with Gasteiger partial charge in [-0.1, -0.05) is 0 Å². The van der Waals surface area contributed by atoms with E-state index >= 15 is 0 Å². The first-order valence-corrected chi connectivity index (χ1v) is 10.8. The Bertz CT molecular complexity index is 713. The summed E-state index contributed by atoms with van der Waals surface area (Å²) in [5.41, 5.74) is 0. The molecule has 0 saturated carbocycles. The van der Waals surface area contributed by atoms with E-state index in [2.05, 4.69) is 30.5 Å². The van der Waals surface area contributed by atoms with Gasteiger partial charge in [0.1, 0.15) is 6.54 Å². The van der Waals surface area contributed by atoms with Crippen LogP contribution in [0.25, 0.3) is 0 Å². The van der Waals surface area contributed by atoms with Gasteiger partial charge in [0.15, 0.2) is 5.96 Å². The number of rotatable bonds is 7. The van der Waals surface area contributed by atoms with E-state index in [4.69, 9.17) is 0 Å². The molecule has 2 amide bonds. The fraction of sp³-hybridized carbons (Fsp3) is 0.650. The molecule has 30 heavy (non-hydrogen) atoms. The largest absolute Gasteiger partial charge is 0.357 e. The van der Waals surface area contributed by atoms with E-state index in [0.29, 0.717) is 44.5 Å². The lowest BCUT2D eigenvalue weighted by Gasteiger charge is -2.34. The molecule has 1 aromatic heterocycles. The molecule has 0 aromatic carbocycles. The number of anilines is 1. The maximum Gasteiger partial charge on any atom is 0.244 e. The number of amides is 2. The minimum absolute atomic E-state index is 0.0565. The molecule has 164 valence electrons. The molecule has 2 aliphatic heterocycles. The van der Waals surface area contributed by atoms with Crippen LogP contribution >= 0.6 is 0 Å². The average molecular weight is 417 g/mol. The van der Waals surface area contributed by atoms with Crippen molar-refractivity contribution in [2.24, 2.45) is 4.99 Å². The molecule has 10 nitrogen and oxygen atoms in total. The number of carbonyl (C=O) groups excluding carboxylic acids is 2. The third-order valence-electron chi connectivity index (χ3n) is 5.27. The third kappa shape index (κ3) is 6.30. The molecule has 1 aromatic rings. The summed E-state index contributed by atoms with van der Waals surface area (Å²) in [6.07, 6.45) is 5.98. The van der Waals surface area contributed by atoms with Gasteiger partial charge in [0.05, 0.1) is 0 Å². The summed E-state index contributed by atoms with van der Waals surface area (Å²) in [4.78, 5) is 43.4. The predicted molar refractivity (Wildman–Crippen MR) is 115 cm³/mol. The lowest BCUT2D eigenvalue weighted by atomic mass is 10.3. The van der Waals surface area contributed by atoms with Gasteiger partial charge in [-0.15, -0.1) is 0 Å². The van der Waals surface area contributed by atoms with Gasteiger partial charge < -0.3 is 25.3 Å². The van der Waals surface area contributed by atoms with E-state index in [9.17, 15) is 9.59 Å². The standard InChI is InChI=1S/C20H32N8O2/c1-2-21-19(25-16-18(30)26-10-3-4-11-26)22-9-6-17(29)27-12-14-28(15-13-27)20-23-7-5-8-24-20/h5,7-8H,2-4,6,9-16H2,1H3,(H2,21,22,25). The Labute approximate surface area is 177 Å². The van der Waals surface area contributed by atoms with Crippen molar-refractivity contribution < 1.29 is 9.59 Å². The van der Waals surface area contributed by atoms with Crippen LogP contribution in [-0.2, 0) is 9.59 Å². The van der Waals surface area contributed by atoms with Crippen molar-refractivity contribution in [1.29, 1.82) is 0 Å². The second kappa shape index (κ2) is 11.3. The number of carbonyl (C=O) groups is 2. The van der Waals surface area contributed by atoms with Gasteiger partial charge in [-0.25, -0.2) is 15.0 Å². The van der Waals surface area contributed by atoms with Gasteiger partial charge in [-0.05, 0) is 25.8 Å². The van der Waals surface area contributed by atoms with Crippen molar-refractivity contribution in [1.82, 2.24) is 30.4 Å². The van der Waals surface area contributed by atoms with Crippen LogP contribution in [0.1, 0.15) is 26.2 Å². The molecule has 10 heteroatoms. The molecule has 0 unspecified atom stereocenters. The number of aromatic nitrogens is 2. The van der Waals surface area contributed by atoms with Gasteiger partial charge in [0.2, 0.25) is 17.8 Å². The fourth-order valence-corrected chi connectivity index (χ4v) is 3.61. The molecular formula is C20H32N8O2. The number of aliphatic imine (C=N–C) groups is 1. The van der Waals surface area contributed by atoms with Crippen molar-refractivity contribution in [3.8, 4) is 0 Å². The molecule has 0 aliphatic carbocycles.